The molecule has 2 unspecified atom stereocenters. The summed E-state index contributed by atoms with van der Waals surface area (Å²) >= 11 is 0. The molecule has 24 heavy (non-hydrogen) atoms. The molecule has 2 saturated heterocycles. The Morgan fingerprint density at radius 3 is 3.00 bits per heavy atom. The standard InChI is InChI=1S/C17H27FN6/c1-19-17(21-11-14-5-4-9-23(14)2)22-13-7-10-24(12-13)16-15(18)6-3-8-20-16/h3,6,8,13-14H,4-5,7,9-12H2,1-2H3,(H2,19,21,22). The second-order valence-corrected chi connectivity index (χ2v) is 6.61. The normalized spacial score (nSPS) is 25.3. The second kappa shape index (κ2) is 7.79. The van der Waals surface area contributed by atoms with Gasteiger partial charge in [-0.2, -0.15) is 0 Å². The Kier molecular flexibility index (Phi) is 5.50. The smallest absolute Gasteiger partial charge is 0.191 e. The zero-order valence-corrected chi connectivity index (χ0v) is 14.5. The molecule has 1 aromatic rings. The lowest BCUT2D eigenvalue weighted by Crippen LogP contribution is -2.48. The van der Waals surface area contributed by atoms with Crippen molar-refractivity contribution >= 4 is 11.8 Å². The van der Waals surface area contributed by atoms with E-state index in [1.165, 1.54) is 25.5 Å². The average Bonchev–Trinajstić information content (AvgIpc) is 3.21. The van der Waals surface area contributed by atoms with Crippen LogP contribution in [0.15, 0.2) is 23.3 Å². The predicted molar refractivity (Wildman–Crippen MR) is 95.0 cm³/mol. The fourth-order valence-electron chi connectivity index (χ4n) is 3.52. The summed E-state index contributed by atoms with van der Waals surface area (Å²) in [6.45, 7) is 3.61. The van der Waals surface area contributed by atoms with Crippen molar-refractivity contribution in [2.45, 2.75) is 31.3 Å². The molecule has 0 amide bonds. The number of aromatic nitrogens is 1. The Labute approximate surface area is 143 Å². The van der Waals surface area contributed by atoms with E-state index in [0.29, 0.717) is 11.9 Å². The molecule has 0 spiro atoms. The largest absolute Gasteiger partial charge is 0.355 e. The number of likely N-dealkylation sites (tertiary alicyclic amines) is 1. The summed E-state index contributed by atoms with van der Waals surface area (Å²) in [6, 6.07) is 3.91. The first kappa shape index (κ1) is 17.0. The van der Waals surface area contributed by atoms with Crippen LogP contribution in [0.5, 0.6) is 0 Å². The number of nitrogens with zero attached hydrogens (tertiary/aromatic N) is 4. The molecule has 0 aromatic carbocycles. The van der Waals surface area contributed by atoms with Gasteiger partial charge in [0.2, 0.25) is 0 Å². The molecule has 2 aliphatic rings. The van der Waals surface area contributed by atoms with Crippen molar-refractivity contribution in [3.8, 4) is 0 Å². The number of rotatable bonds is 4. The van der Waals surface area contributed by atoms with Gasteiger partial charge in [0, 0.05) is 45.0 Å². The summed E-state index contributed by atoms with van der Waals surface area (Å²) in [5.74, 6) is 1.01. The number of aliphatic imine (C=N–C) groups is 1. The van der Waals surface area contributed by atoms with E-state index in [1.54, 1.807) is 19.3 Å². The van der Waals surface area contributed by atoms with Crippen LogP contribution in [0.25, 0.3) is 0 Å². The lowest BCUT2D eigenvalue weighted by Gasteiger charge is -2.23. The summed E-state index contributed by atoms with van der Waals surface area (Å²) < 4.78 is 13.9. The Morgan fingerprint density at radius 2 is 2.29 bits per heavy atom. The van der Waals surface area contributed by atoms with Crippen molar-refractivity contribution in [1.82, 2.24) is 20.5 Å². The van der Waals surface area contributed by atoms with Gasteiger partial charge in [0.05, 0.1) is 0 Å². The maximum atomic E-state index is 13.9. The van der Waals surface area contributed by atoms with E-state index in [9.17, 15) is 4.39 Å². The van der Waals surface area contributed by atoms with Crippen LogP contribution < -0.4 is 15.5 Å². The summed E-state index contributed by atoms with van der Waals surface area (Å²) in [5, 5.41) is 6.88. The van der Waals surface area contributed by atoms with Crippen molar-refractivity contribution in [1.29, 1.82) is 0 Å². The highest BCUT2D eigenvalue weighted by atomic mass is 19.1. The number of likely N-dealkylation sites (N-methyl/N-ethyl adjacent to an activating group) is 1. The average molecular weight is 334 g/mol. The number of hydrogen-bond donors (Lipinski definition) is 2. The van der Waals surface area contributed by atoms with E-state index in [2.05, 4.69) is 32.6 Å². The van der Waals surface area contributed by atoms with Crippen LogP contribution in [0.2, 0.25) is 0 Å². The number of nitrogens with one attached hydrogen (secondary N) is 2. The maximum Gasteiger partial charge on any atom is 0.191 e. The summed E-state index contributed by atoms with van der Waals surface area (Å²) in [4.78, 5) is 12.9. The quantitative estimate of drug-likeness (QED) is 0.637. The van der Waals surface area contributed by atoms with Crippen molar-refractivity contribution in [3.63, 3.8) is 0 Å². The molecule has 3 heterocycles. The Hall–Kier alpha value is -1.89. The minimum Gasteiger partial charge on any atom is -0.355 e. The lowest BCUT2D eigenvalue weighted by atomic mass is 10.2. The second-order valence-electron chi connectivity index (χ2n) is 6.61. The highest BCUT2D eigenvalue weighted by Gasteiger charge is 2.26. The highest BCUT2D eigenvalue weighted by molar-refractivity contribution is 5.80. The van der Waals surface area contributed by atoms with Gasteiger partial charge < -0.3 is 20.4 Å². The van der Waals surface area contributed by atoms with Gasteiger partial charge in [-0.15, -0.1) is 0 Å². The molecular weight excluding hydrogens is 307 g/mol. The SMILES string of the molecule is CN=C(NCC1CCCN1C)NC1CCN(c2ncccc2F)C1. The minimum absolute atomic E-state index is 0.249. The number of pyridine rings is 1. The number of guanidine groups is 1. The van der Waals surface area contributed by atoms with E-state index >= 15 is 0 Å². The molecule has 2 aliphatic heterocycles. The van der Waals surface area contributed by atoms with Gasteiger partial charge in [-0.25, -0.2) is 9.37 Å². The first-order valence-electron chi connectivity index (χ1n) is 8.70. The van der Waals surface area contributed by atoms with Gasteiger partial charge >= 0.3 is 0 Å². The zero-order chi connectivity index (χ0) is 16.9. The van der Waals surface area contributed by atoms with Crippen LogP contribution in [0.1, 0.15) is 19.3 Å². The number of halogens is 1. The van der Waals surface area contributed by atoms with Crippen LogP contribution >= 0.6 is 0 Å². The molecule has 2 atom stereocenters. The van der Waals surface area contributed by atoms with Gasteiger partial charge in [0.1, 0.15) is 0 Å². The summed E-state index contributed by atoms with van der Waals surface area (Å²) in [5.41, 5.74) is 0. The fourth-order valence-corrected chi connectivity index (χ4v) is 3.52. The molecule has 0 saturated carbocycles. The molecule has 2 N–H and O–H groups in total. The number of anilines is 1. The Bertz CT molecular complexity index is 578. The van der Waals surface area contributed by atoms with Crippen LogP contribution in [0.4, 0.5) is 10.2 Å². The van der Waals surface area contributed by atoms with Gasteiger partial charge in [0.15, 0.2) is 17.6 Å². The number of hydrogen-bond acceptors (Lipinski definition) is 4. The van der Waals surface area contributed by atoms with E-state index < -0.39 is 0 Å². The third-order valence-electron chi connectivity index (χ3n) is 4.97. The molecule has 1 aromatic heterocycles. The highest BCUT2D eigenvalue weighted by Crippen LogP contribution is 2.20. The van der Waals surface area contributed by atoms with Crippen molar-refractivity contribution in [2.24, 2.45) is 4.99 Å². The first-order valence-corrected chi connectivity index (χ1v) is 8.70. The van der Waals surface area contributed by atoms with Crippen LogP contribution in [0, 0.1) is 5.82 Å². The van der Waals surface area contributed by atoms with Crippen LogP contribution in [-0.2, 0) is 0 Å². The molecule has 7 heteroatoms. The summed E-state index contributed by atoms with van der Waals surface area (Å²) in [7, 11) is 3.96. The predicted octanol–water partition coefficient (Wildman–Crippen LogP) is 1.06. The van der Waals surface area contributed by atoms with Crippen LogP contribution in [-0.4, -0.2) is 68.2 Å². The van der Waals surface area contributed by atoms with E-state index in [4.69, 9.17) is 0 Å². The molecule has 0 radical (unpaired) electrons. The van der Waals surface area contributed by atoms with Gasteiger partial charge in [-0.1, -0.05) is 0 Å². The van der Waals surface area contributed by atoms with Gasteiger partial charge in [0.25, 0.3) is 0 Å². The van der Waals surface area contributed by atoms with E-state index in [0.717, 1.165) is 32.0 Å². The Balaban J connectivity index is 1.49. The van der Waals surface area contributed by atoms with Gasteiger partial charge in [-0.05, 0) is 45.0 Å². The van der Waals surface area contributed by atoms with Gasteiger partial charge in [-0.3, -0.25) is 4.99 Å². The molecule has 6 nitrogen and oxygen atoms in total. The fraction of sp³-hybridized carbons (Fsp3) is 0.647. The van der Waals surface area contributed by atoms with Crippen LogP contribution in [0.3, 0.4) is 0 Å². The molecule has 3 rings (SSSR count). The third kappa shape index (κ3) is 3.95. The summed E-state index contributed by atoms with van der Waals surface area (Å²) in [6.07, 6.45) is 5.08. The lowest BCUT2D eigenvalue weighted by molar-refractivity contribution is 0.309. The third-order valence-corrected chi connectivity index (χ3v) is 4.97. The topological polar surface area (TPSA) is 55.8 Å². The molecule has 0 bridgehead atoms. The van der Waals surface area contributed by atoms with Crippen molar-refractivity contribution < 1.29 is 4.39 Å². The van der Waals surface area contributed by atoms with Crippen molar-refractivity contribution in [3.05, 3.63) is 24.1 Å². The molecule has 132 valence electrons. The first-order chi connectivity index (χ1) is 11.7. The monoisotopic (exact) mass is 334 g/mol. The molecule has 0 aliphatic carbocycles. The van der Waals surface area contributed by atoms with E-state index in [1.807, 2.05) is 4.90 Å². The molecule has 2 fully saturated rings. The Morgan fingerprint density at radius 1 is 1.42 bits per heavy atom. The minimum atomic E-state index is -0.259. The maximum absolute atomic E-state index is 13.9. The molecular formula is C17H27FN6. The van der Waals surface area contributed by atoms with E-state index in [-0.39, 0.29) is 11.9 Å². The zero-order valence-electron chi connectivity index (χ0n) is 14.5. The van der Waals surface area contributed by atoms with Crippen molar-refractivity contribution in [2.75, 3.05) is 45.2 Å².